The Labute approximate surface area is 105 Å². The van der Waals surface area contributed by atoms with E-state index in [0.717, 1.165) is 18.8 Å². The SMILES string of the molecule is C[C@H](CCCCC1CCC1)C[C@H](CN)C(=O)O. The second kappa shape index (κ2) is 7.70. The van der Waals surface area contributed by atoms with Crippen molar-refractivity contribution in [1.82, 2.24) is 0 Å². The van der Waals surface area contributed by atoms with Gasteiger partial charge in [0.2, 0.25) is 0 Å². The zero-order valence-corrected chi connectivity index (χ0v) is 11.0. The number of carboxylic acid groups (broad SMARTS) is 1. The number of nitrogens with two attached hydrogens (primary N) is 1. The first-order chi connectivity index (χ1) is 8.13. The molecule has 1 fully saturated rings. The third kappa shape index (κ3) is 5.53. The summed E-state index contributed by atoms with van der Waals surface area (Å²) >= 11 is 0. The molecule has 100 valence electrons. The Morgan fingerprint density at radius 3 is 2.59 bits per heavy atom. The fourth-order valence-electron chi connectivity index (χ4n) is 2.61. The van der Waals surface area contributed by atoms with Gasteiger partial charge in [-0.3, -0.25) is 4.79 Å². The van der Waals surface area contributed by atoms with Gasteiger partial charge < -0.3 is 10.8 Å². The normalized spacial score (nSPS) is 19.6. The van der Waals surface area contributed by atoms with E-state index in [2.05, 4.69) is 6.92 Å². The lowest BCUT2D eigenvalue weighted by Crippen LogP contribution is -2.25. The van der Waals surface area contributed by atoms with Crippen LogP contribution in [0.5, 0.6) is 0 Å². The monoisotopic (exact) mass is 241 g/mol. The summed E-state index contributed by atoms with van der Waals surface area (Å²) in [6.45, 7) is 2.41. The van der Waals surface area contributed by atoms with E-state index in [1.807, 2.05) is 0 Å². The van der Waals surface area contributed by atoms with Crippen LogP contribution in [-0.2, 0) is 4.79 Å². The third-order valence-electron chi connectivity index (χ3n) is 4.10. The first-order valence-electron chi connectivity index (χ1n) is 7.06. The van der Waals surface area contributed by atoms with Gasteiger partial charge in [0.05, 0.1) is 5.92 Å². The summed E-state index contributed by atoms with van der Waals surface area (Å²) in [6.07, 6.45) is 10.1. The van der Waals surface area contributed by atoms with E-state index in [1.165, 1.54) is 38.5 Å². The Kier molecular flexibility index (Phi) is 6.56. The molecule has 0 spiro atoms. The molecule has 0 aliphatic heterocycles. The molecule has 3 heteroatoms. The zero-order valence-electron chi connectivity index (χ0n) is 11.0. The Balaban J connectivity index is 2.02. The number of unbranched alkanes of at least 4 members (excludes halogenated alkanes) is 1. The Morgan fingerprint density at radius 2 is 2.12 bits per heavy atom. The van der Waals surface area contributed by atoms with Crippen molar-refractivity contribution in [2.75, 3.05) is 6.54 Å². The molecule has 1 saturated carbocycles. The molecule has 0 radical (unpaired) electrons. The van der Waals surface area contributed by atoms with Gasteiger partial charge in [0, 0.05) is 6.54 Å². The van der Waals surface area contributed by atoms with E-state index in [0.29, 0.717) is 5.92 Å². The number of hydrogen-bond acceptors (Lipinski definition) is 2. The molecule has 17 heavy (non-hydrogen) atoms. The molecule has 0 aromatic carbocycles. The van der Waals surface area contributed by atoms with Crippen molar-refractivity contribution in [2.45, 2.75) is 58.3 Å². The topological polar surface area (TPSA) is 63.3 Å². The number of carboxylic acids is 1. The summed E-state index contributed by atoms with van der Waals surface area (Å²) in [4.78, 5) is 10.9. The number of rotatable bonds is 9. The van der Waals surface area contributed by atoms with Gasteiger partial charge in [-0.05, 0) is 18.3 Å². The lowest BCUT2D eigenvalue weighted by molar-refractivity contribution is -0.141. The minimum absolute atomic E-state index is 0.266. The average molecular weight is 241 g/mol. The molecule has 0 aromatic heterocycles. The second-order valence-corrected chi connectivity index (χ2v) is 5.69. The molecule has 1 aliphatic rings. The lowest BCUT2D eigenvalue weighted by Gasteiger charge is -2.25. The number of hydrogen-bond donors (Lipinski definition) is 2. The van der Waals surface area contributed by atoms with Crippen molar-refractivity contribution in [2.24, 2.45) is 23.5 Å². The van der Waals surface area contributed by atoms with E-state index in [9.17, 15) is 4.79 Å². The highest BCUT2D eigenvalue weighted by Gasteiger charge is 2.19. The van der Waals surface area contributed by atoms with E-state index in [-0.39, 0.29) is 12.5 Å². The van der Waals surface area contributed by atoms with Gasteiger partial charge in [-0.25, -0.2) is 0 Å². The Hall–Kier alpha value is -0.570. The lowest BCUT2D eigenvalue weighted by atomic mass is 9.81. The standard InChI is InChI=1S/C14H27NO2/c1-11(9-13(10-15)14(16)17)5-2-3-6-12-7-4-8-12/h11-13H,2-10,15H2,1H3,(H,16,17)/t11-,13-/m1/s1. The van der Waals surface area contributed by atoms with Crippen molar-refractivity contribution >= 4 is 5.97 Å². The largest absolute Gasteiger partial charge is 0.481 e. The molecule has 3 N–H and O–H groups in total. The second-order valence-electron chi connectivity index (χ2n) is 5.69. The highest BCUT2D eigenvalue weighted by atomic mass is 16.4. The number of aliphatic carboxylic acids is 1. The molecule has 1 aliphatic carbocycles. The summed E-state index contributed by atoms with van der Waals surface area (Å²) in [5, 5.41) is 8.93. The van der Waals surface area contributed by atoms with Crippen molar-refractivity contribution in [1.29, 1.82) is 0 Å². The van der Waals surface area contributed by atoms with Crippen LogP contribution in [-0.4, -0.2) is 17.6 Å². The fraction of sp³-hybridized carbons (Fsp3) is 0.929. The number of carbonyl (C=O) groups is 1. The summed E-state index contributed by atoms with van der Waals surface area (Å²) in [5.74, 6) is 0.396. The maximum atomic E-state index is 10.9. The van der Waals surface area contributed by atoms with Crippen LogP contribution < -0.4 is 5.73 Å². The minimum atomic E-state index is -0.742. The molecular weight excluding hydrogens is 214 g/mol. The van der Waals surface area contributed by atoms with Gasteiger partial charge in [-0.2, -0.15) is 0 Å². The van der Waals surface area contributed by atoms with Gasteiger partial charge >= 0.3 is 5.97 Å². The first kappa shape index (κ1) is 14.5. The van der Waals surface area contributed by atoms with Gasteiger partial charge in [0.1, 0.15) is 0 Å². The fourth-order valence-corrected chi connectivity index (χ4v) is 2.61. The van der Waals surface area contributed by atoms with Crippen molar-refractivity contribution < 1.29 is 9.90 Å². The van der Waals surface area contributed by atoms with Crippen LogP contribution in [0.2, 0.25) is 0 Å². The third-order valence-corrected chi connectivity index (χ3v) is 4.10. The van der Waals surface area contributed by atoms with E-state index < -0.39 is 5.97 Å². The zero-order chi connectivity index (χ0) is 12.7. The molecule has 2 atom stereocenters. The van der Waals surface area contributed by atoms with Crippen molar-refractivity contribution in [3.05, 3.63) is 0 Å². The molecule has 0 saturated heterocycles. The molecule has 0 heterocycles. The van der Waals surface area contributed by atoms with Crippen LogP contribution in [0.3, 0.4) is 0 Å². The molecule has 0 aromatic rings. The molecule has 0 unspecified atom stereocenters. The minimum Gasteiger partial charge on any atom is -0.481 e. The molecule has 3 nitrogen and oxygen atoms in total. The van der Waals surface area contributed by atoms with Gasteiger partial charge in [0.25, 0.3) is 0 Å². The highest BCUT2D eigenvalue weighted by Crippen LogP contribution is 2.31. The van der Waals surface area contributed by atoms with Gasteiger partial charge in [-0.1, -0.05) is 51.9 Å². The predicted molar refractivity (Wildman–Crippen MR) is 69.8 cm³/mol. The molecule has 0 amide bonds. The highest BCUT2D eigenvalue weighted by molar-refractivity contribution is 5.70. The molecule has 0 bridgehead atoms. The van der Waals surface area contributed by atoms with Crippen molar-refractivity contribution in [3.8, 4) is 0 Å². The van der Waals surface area contributed by atoms with Crippen LogP contribution in [0.1, 0.15) is 58.3 Å². The van der Waals surface area contributed by atoms with Gasteiger partial charge in [-0.15, -0.1) is 0 Å². The van der Waals surface area contributed by atoms with Gasteiger partial charge in [0.15, 0.2) is 0 Å². The van der Waals surface area contributed by atoms with Crippen molar-refractivity contribution in [3.63, 3.8) is 0 Å². The van der Waals surface area contributed by atoms with E-state index >= 15 is 0 Å². The van der Waals surface area contributed by atoms with E-state index in [1.54, 1.807) is 0 Å². The summed E-state index contributed by atoms with van der Waals surface area (Å²) < 4.78 is 0. The van der Waals surface area contributed by atoms with Crippen LogP contribution in [0.4, 0.5) is 0 Å². The summed E-state index contributed by atoms with van der Waals surface area (Å²) in [6, 6.07) is 0. The maximum absolute atomic E-state index is 10.9. The average Bonchev–Trinajstić information content (AvgIpc) is 2.22. The predicted octanol–water partition coefficient (Wildman–Crippen LogP) is 3.03. The van der Waals surface area contributed by atoms with Crippen LogP contribution in [0.15, 0.2) is 0 Å². The smallest absolute Gasteiger partial charge is 0.307 e. The van der Waals surface area contributed by atoms with Crippen LogP contribution in [0.25, 0.3) is 0 Å². The Bertz CT molecular complexity index is 226. The quantitative estimate of drug-likeness (QED) is 0.610. The van der Waals surface area contributed by atoms with Crippen LogP contribution >= 0.6 is 0 Å². The summed E-state index contributed by atoms with van der Waals surface area (Å²) in [7, 11) is 0. The van der Waals surface area contributed by atoms with E-state index in [4.69, 9.17) is 10.8 Å². The molecule has 1 rings (SSSR count). The molecular formula is C14H27NO2. The summed E-state index contributed by atoms with van der Waals surface area (Å²) in [5.41, 5.74) is 5.46. The first-order valence-corrected chi connectivity index (χ1v) is 7.06. The maximum Gasteiger partial charge on any atom is 0.307 e. The Morgan fingerprint density at radius 1 is 1.41 bits per heavy atom. The van der Waals surface area contributed by atoms with Crippen LogP contribution in [0, 0.1) is 17.8 Å².